The molecule has 116 valence electrons. The molecule has 0 aliphatic heterocycles. The van der Waals surface area contributed by atoms with E-state index in [0.717, 1.165) is 17.7 Å². The smallest absolute Gasteiger partial charge is 0.350 e. The monoisotopic (exact) mass is 301 g/mol. The number of methoxy groups -OCH3 is 1. The highest BCUT2D eigenvalue weighted by Crippen LogP contribution is 2.10. The van der Waals surface area contributed by atoms with Crippen LogP contribution in [0.15, 0.2) is 41.5 Å². The zero-order chi connectivity index (χ0) is 16.1. The summed E-state index contributed by atoms with van der Waals surface area (Å²) in [6.45, 7) is 3.97. The van der Waals surface area contributed by atoms with E-state index in [1.165, 1.54) is 28.8 Å². The number of carbonyl (C=O) groups is 1. The van der Waals surface area contributed by atoms with E-state index in [1.54, 1.807) is 18.2 Å². The summed E-state index contributed by atoms with van der Waals surface area (Å²) in [5.41, 5.74) is 1.42. The van der Waals surface area contributed by atoms with E-state index in [0.29, 0.717) is 0 Å². The van der Waals surface area contributed by atoms with Gasteiger partial charge in [0.2, 0.25) is 0 Å². The van der Waals surface area contributed by atoms with E-state index in [2.05, 4.69) is 9.84 Å². The largest absolute Gasteiger partial charge is 0.466 e. The van der Waals surface area contributed by atoms with Gasteiger partial charge in [-0.15, -0.1) is 0 Å². The molecule has 1 aromatic heterocycles. The number of ether oxygens (including phenoxy) is 1. The SMILES string of the molecule is CCC(C)n1ncn(-c2ccc(/C=C/C(=O)OC)cc2)c1=O. The lowest BCUT2D eigenvalue weighted by atomic mass is 10.2. The van der Waals surface area contributed by atoms with Crippen LogP contribution in [0.2, 0.25) is 0 Å². The topological polar surface area (TPSA) is 66.1 Å². The molecule has 0 aliphatic rings. The summed E-state index contributed by atoms with van der Waals surface area (Å²) < 4.78 is 7.51. The number of nitrogens with zero attached hydrogens (tertiary/aromatic N) is 3. The molecule has 1 heterocycles. The molecule has 0 saturated heterocycles. The van der Waals surface area contributed by atoms with Gasteiger partial charge in [0.25, 0.3) is 0 Å². The van der Waals surface area contributed by atoms with E-state index in [4.69, 9.17) is 0 Å². The predicted octanol–water partition coefficient (Wildman–Crippen LogP) is 2.19. The maximum absolute atomic E-state index is 12.3. The van der Waals surface area contributed by atoms with Crippen LogP contribution >= 0.6 is 0 Å². The van der Waals surface area contributed by atoms with Crippen molar-refractivity contribution in [3.8, 4) is 5.69 Å². The van der Waals surface area contributed by atoms with Gasteiger partial charge in [-0.2, -0.15) is 5.10 Å². The van der Waals surface area contributed by atoms with E-state index < -0.39 is 5.97 Å². The second-order valence-electron chi connectivity index (χ2n) is 4.93. The van der Waals surface area contributed by atoms with Crippen molar-refractivity contribution in [3.63, 3.8) is 0 Å². The van der Waals surface area contributed by atoms with Crippen LogP contribution < -0.4 is 5.69 Å². The maximum Gasteiger partial charge on any atom is 0.350 e. The highest BCUT2D eigenvalue weighted by molar-refractivity contribution is 5.86. The lowest BCUT2D eigenvalue weighted by Gasteiger charge is -2.06. The first-order valence-corrected chi connectivity index (χ1v) is 7.09. The third-order valence-electron chi connectivity index (χ3n) is 3.49. The first kappa shape index (κ1) is 15.8. The Hall–Kier alpha value is -2.63. The van der Waals surface area contributed by atoms with Gasteiger partial charge in [0.15, 0.2) is 0 Å². The molecule has 0 spiro atoms. The molecule has 1 atom stereocenters. The Morgan fingerprint density at radius 2 is 2.05 bits per heavy atom. The van der Waals surface area contributed by atoms with Crippen molar-refractivity contribution in [2.24, 2.45) is 0 Å². The summed E-state index contributed by atoms with van der Waals surface area (Å²) in [6.07, 6.45) is 5.37. The summed E-state index contributed by atoms with van der Waals surface area (Å²) >= 11 is 0. The second-order valence-corrected chi connectivity index (χ2v) is 4.93. The average molecular weight is 301 g/mol. The minimum Gasteiger partial charge on any atom is -0.466 e. The molecule has 0 amide bonds. The van der Waals surface area contributed by atoms with Crippen LogP contribution in [0.5, 0.6) is 0 Å². The molecule has 1 unspecified atom stereocenters. The summed E-state index contributed by atoms with van der Waals surface area (Å²) in [7, 11) is 1.33. The van der Waals surface area contributed by atoms with E-state index in [-0.39, 0.29) is 11.7 Å². The van der Waals surface area contributed by atoms with Gasteiger partial charge < -0.3 is 4.74 Å². The minimum absolute atomic E-state index is 0.0658. The third-order valence-corrected chi connectivity index (χ3v) is 3.49. The van der Waals surface area contributed by atoms with Crippen molar-refractivity contribution in [3.05, 3.63) is 52.7 Å². The van der Waals surface area contributed by atoms with Crippen molar-refractivity contribution < 1.29 is 9.53 Å². The van der Waals surface area contributed by atoms with Gasteiger partial charge in [-0.1, -0.05) is 19.1 Å². The Balaban J connectivity index is 2.24. The number of aromatic nitrogens is 3. The lowest BCUT2D eigenvalue weighted by molar-refractivity contribution is -0.134. The van der Waals surface area contributed by atoms with Crippen LogP contribution in [0.4, 0.5) is 0 Å². The molecular formula is C16H19N3O3. The third kappa shape index (κ3) is 3.33. The van der Waals surface area contributed by atoms with Gasteiger partial charge in [0.05, 0.1) is 18.8 Å². The fraction of sp³-hybridized carbons (Fsp3) is 0.312. The van der Waals surface area contributed by atoms with Crippen molar-refractivity contribution in [1.29, 1.82) is 0 Å². The molecule has 6 heteroatoms. The molecule has 6 nitrogen and oxygen atoms in total. The van der Waals surface area contributed by atoms with Crippen LogP contribution in [-0.2, 0) is 9.53 Å². The van der Waals surface area contributed by atoms with Gasteiger partial charge in [-0.3, -0.25) is 0 Å². The van der Waals surface area contributed by atoms with Gasteiger partial charge >= 0.3 is 11.7 Å². The van der Waals surface area contributed by atoms with Gasteiger partial charge in [0.1, 0.15) is 6.33 Å². The van der Waals surface area contributed by atoms with Crippen molar-refractivity contribution in [2.75, 3.05) is 7.11 Å². The zero-order valence-electron chi connectivity index (χ0n) is 12.9. The maximum atomic E-state index is 12.3. The molecule has 0 aliphatic carbocycles. The number of esters is 1. The number of hydrogen-bond donors (Lipinski definition) is 0. The van der Waals surface area contributed by atoms with Gasteiger partial charge in [0, 0.05) is 6.08 Å². The fourth-order valence-corrected chi connectivity index (χ4v) is 1.95. The number of carbonyl (C=O) groups excluding carboxylic acids is 1. The van der Waals surface area contributed by atoms with E-state index in [1.807, 2.05) is 26.0 Å². The Bertz CT molecular complexity index is 726. The molecule has 0 radical (unpaired) electrons. The molecule has 0 fully saturated rings. The van der Waals surface area contributed by atoms with Crippen molar-refractivity contribution >= 4 is 12.0 Å². The highest BCUT2D eigenvalue weighted by Gasteiger charge is 2.10. The first-order chi connectivity index (χ1) is 10.6. The Morgan fingerprint density at radius 3 is 2.64 bits per heavy atom. The Kier molecular flexibility index (Phi) is 4.93. The Morgan fingerprint density at radius 1 is 1.36 bits per heavy atom. The second kappa shape index (κ2) is 6.89. The summed E-state index contributed by atoms with van der Waals surface area (Å²) in [6, 6.07) is 7.32. The average Bonchev–Trinajstić information content (AvgIpc) is 2.94. The lowest BCUT2D eigenvalue weighted by Crippen LogP contribution is -2.26. The molecule has 2 aromatic rings. The zero-order valence-corrected chi connectivity index (χ0v) is 12.9. The van der Waals surface area contributed by atoms with Crippen molar-refractivity contribution in [2.45, 2.75) is 26.3 Å². The summed E-state index contributed by atoms with van der Waals surface area (Å²) in [5, 5.41) is 4.15. The molecule has 2 rings (SSSR count). The quantitative estimate of drug-likeness (QED) is 0.627. The highest BCUT2D eigenvalue weighted by atomic mass is 16.5. The molecule has 1 aromatic carbocycles. The molecule has 22 heavy (non-hydrogen) atoms. The van der Waals surface area contributed by atoms with E-state index >= 15 is 0 Å². The first-order valence-electron chi connectivity index (χ1n) is 7.09. The molecule has 0 saturated carbocycles. The minimum atomic E-state index is -0.407. The van der Waals surface area contributed by atoms with Crippen LogP contribution in [0, 0.1) is 0 Å². The normalized spacial score (nSPS) is 12.5. The Labute approximate surface area is 128 Å². The van der Waals surface area contributed by atoms with Crippen LogP contribution in [0.3, 0.4) is 0 Å². The molecule has 0 N–H and O–H groups in total. The van der Waals surface area contributed by atoms with Crippen LogP contribution in [0.1, 0.15) is 31.9 Å². The van der Waals surface area contributed by atoms with Gasteiger partial charge in [-0.25, -0.2) is 18.8 Å². The number of hydrogen-bond acceptors (Lipinski definition) is 4. The fourth-order valence-electron chi connectivity index (χ4n) is 1.95. The number of benzene rings is 1. The summed E-state index contributed by atoms with van der Waals surface area (Å²) in [5.74, 6) is -0.407. The predicted molar refractivity (Wildman–Crippen MR) is 83.9 cm³/mol. The van der Waals surface area contributed by atoms with Crippen molar-refractivity contribution in [1.82, 2.24) is 14.3 Å². The summed E-state index contributed by atoms with van der Waals surface area (Å²) in [4.78, 5) is 23.3. The van der Waals surface area contributed by atoms with E-state index in [9.17, 15) is 9.59 Å². The van der Waals surface area contributed by atoms with Gasteiger partial charge in [-0.05, 0) is 37.1 Å². The van der Waals surface area contributed by atoms with Crippen LogP contribution in [-0.4, -0.2) is 27.4 Å². The molecule has 0 bridgehead atoms. The molecular weight excluding hydrogens is 282 g/mol. The number of rotatable bonds is 5. The standard InChI is InChI=1S/C16H19N3O3/c1-4-12(2)19-16(21)18(11-17-19)14-8-5-13(6-9-14)7-10-15(20)22-3/h5-12H,4H2,1-3H3/b10-7+. The van der Waals surface area contributed by atoms with Crippen LogP contribution in [0.25, 0.3) is 11.8 Å².